The van der Waals surface area contributed by atoms with Crippen LogP contribution in [0.1, 0.15) is 0 Å². The molecule has 0 saturated carbocycles. The number of hydrogen-bond donors (Lipinski definition) is 0. The zero-order valence-electron chi connectivity index (χ0n) is 37.4. The van der Waals surface area contributed by atoms with Gasteiger partial charge in [-0.1, -0.05) is 224 Å². The first-order valence-electron chi connectivity index (χ1n) is 23.6. The highest BCUT2D eigenvalue weighted by atomic mass is 32.1. The number of hydrogen-bond acceptors (Lipinski definition) is 3. The lowest BCUT2D eigenvalue weighted by atomic mass is 9.84. The van der Waals surface area contributed by atoms with Crippen molar-refractivity contribution in [3.05, 3.63) is 243 Å². The van der Waals surface area contributed by atoms with Crippen molar-refractivity contribution < 1.29 is 0 Å². The van der Waals surface area contributed by atoms with Crippen LogP contribution in [0.25, 0.3) is 141 Å². The molecule has 2 nitrogen and oxygen atoms in total. The third kappa shape index (κ3) is 6.32. The molecule has 0 atom stereocenters. The van der Waals surface area contributed by atoms with E-state index in [9.17, 15) is 0 Å². The van der Waals surface area contributed by atoms with Gasteiger partial charge in [-0.3, -0.25) is 4.98 Å². The minimum absolute atomic E-state index is 0.920. The van der Waals surface area contributed by atoms with Crippen molar-refractivity contribution in [2.75, 3.05) is 0 Å². The maximum absolute atomic E-state index is 5.30. The first-order valence-corrected chi connectivity index (χ1v) is 24.4. The largest absolute Gasteiger partial charge is 0.254 e. The Bertz CT molecular complexity index is 4370. The second-order valence-electron chi connectivity index (χ2n) is 17.9. The molecule has 0 spiro atoms. The third-order valence-corrected chi connectivity index (χ3v) is 15.4. The highest BCUT2D eigenvalue weighted by Crippen LogP contribution is 2.56. The van der Waals surface area contributed by atoms with Gasteiger partial charge < -0.3 is 0 Å². The van der Waals surface area contributed by atoms with Gasteiger partial charge in [0.25, 0.3) is 0 Å². The average molecular weight is 893 g/mol. The third-order valence-electron chi connectivity index (χ3n) is 14.2. The van der Waals surface area contributed by atoms with E-state index < -0.39 is 0 Å². The number of pyridine rings is 2. The highest BCUT2D eigenvalue weighted by molar-refractivity contribution is 7.20. The van der Waals surface area contributed by atoms with Crippen LogP contribution in [0.4, 0.5) is 0 Å². The zero-order valence-corrected chi connectivity index (χ0v) is 38.2. The Morgan fingerprint density at radius 3 is 1.19 bits per heavy atom. The van der Waals surface area contributed by atoms with Crippen molar-refractivity contribution in [3.63, 3.8) is 0 Å². The predicted octanol–water partition coefficient (Wildman–Crippen LogP) is 18.6. The van der Waals surface area contributed by atoms with Crippen LogP contribution < -0.4 is 0 Å². The van der Waals surface area contributed by atoms with Gasteiger partial charge in [0.05, 0.1) is 16.7 Å². The number of nitrogens with zero attached hydrogens (tertiary/aromatic N) is 2. The highest BCUT2D eigenvalue weighted by Gasteiger charge is 2.28. The molecule has 0 saturated heterocycles. The molecule has 11 aromatic carbocycles. The molecule has 0 unspecified atom stereocenters. The summed E-state index contributed by atoms with van der Waals surface area (Å²) in [5.74, 6) is 0. The smallest absolute Gasteiger partial charge is 0.0972 e. The topological polar surface area (TPSA) is 25.8 Å². The zero-order chi connectivity index (χ0) is 45.4. The van der Waals surface area contributed by atoms with Crippen molar-refractivity contribution in [2.45, 2.75) is 0 Å². The van der Waals surface area contributed by atoms with E-state index in [0.717, 1.165) is 38.4 Å². The van der Waals surface area contributed by atoms with Crippen molar-refractivity contribution >= 4 is 87.0 Å². The molecule has 0 aliphatic heterocycles. The Balaban J connectivity index is 1.05. The van der Waals surface area contributed by atoms with E-state index in [1.54, 1.807) is 0 Å². The van der Waals surface area contributed by atoms with Crippen LogP contribution in [0.5, 0.6) is 0 Å². The predicted molar refractivity (Wildman–Crippen MR) is 295 cm³/mol. The molecule has 14 rings (SSSR count). The summed E-state index contributed by atoms with van der Waals surface area (Å²) >= 11 is 1.92. The molecule has 3 heterocycles. The molecule has 0 aliphatic rings. The second kappa shape index (κ2) is 16.0. The number of rotatable bonds is 6. The van der Waals surface area contributed by atoms with Gasteiger partial charge in [0.2, 0.25) is 0 Å². The molecule has 14 aromatic rings. The summed E-state index contributed by atoms with van der Waals surface area (Å²) in [6, 6.07) is 86.7. The monoisotopic (exact) mass is 892 g/mol. The van der Waals surface area contributed by atoms with E-state index in [1.165, 1.54) is 103 Å². The van der Waals surface area contributed by atoms with Gasteiger partial charge >= 0.3 is 0 Å². The van der Waals surface area contributed by atoms with Crippen LogP contribution in [-0.2, 0) is 0 Å². The van der Waals surface area contributed by atoms with Crippen LogP contribution in [-0.4, -0.2) is 9.97 Å². The minimum atomic E-state index is 0.920. The summed E-state index contributed by atoms with van der Waals surface area (Å²) in [7, 11) is 0. The van der Waals surface area contributed by atoms with Crippen LogP contribution in [0.2, 0.25) is 0 Å². The fourth-order valence-corrected chi connectivity index (χ4v) is 12.4. The van der Waals surface area contributed by atoms with Gasteiger partial charge in [0.15, 0.2) is 0 Å². The first-order chi connectivity index (χ1) is 34.2. The normalized spacial score (nSPS) is 11.8. The maximum atomic E-state index is 5.30. The van der Waals surface area contributed by atoms with E-state index >= 15 is 0 Å². The van der Waals surface area contributed by atoms with Crippen LogP contribution in [0.3, 0.4) is 0 Å². The Morgan fingerprint density at radius 2 is 0.623 bits per heavy atom. The first kappa shape index (κ1) is 39.4. The summed E-state index contributed by atoms with van der Waals surface area (Å²) in [4.78, 5) is 12.6. The Morgan fingerprint density at radius 1 is 0.246 bits per heavy atom. The Hall–Kier alpha value is -8.76. The Labute approximate surface area is 403 Å². The number of aromatic nitrogens is 2. The van der Waals surface area contributed by atoms with Crippen molar-refractivity contribution in [1.29, 1.82) is 0 Å². The van der Waals surface area contributed by atoms with E-state index in [0.29, 0.717) is 0 Å². The summed E-state index contributed by atoms with van der Waals surface area (Å²) in [5.41, 5.74) is 13.7. The molecule has 0 fully saturated rings. The quantitative estimate of drug-likeness (QED) is 0.155. The molecule has 0 N–H and O–H groups in total. The lowest BCUT2D eigenvalue weighted by Gasteiger charge is -2.18. The molecular formula is C66H40N2S. The SMILES string of the molecule is c1ccc2c(-c3sc(-c4cccc5ccccc45)c(-c4ccc(-c5ccc(-c6ccc7ccc8cccnc8c7n6)c6ccccc56)c5ccccc45)c3-c3cccc4ccccc34)cccc2c1. The molecular weight excluding hydrogens is 853 g/mol. The molecule has 69 heavy (non-hydrogen) atoms. The fraction of sp³-hybridized carbons (Fsp3) is 0. The van der Waals surface area contributed by atoms with Gasteiger partial charge in [0, 0.05) is 54.5 Å². The second-order valence-corrected chi connectivity index (χ2v) is 18.9. The average Bonchev–Trinajstić information content (AvgIpc) is 3.81. The van der Waals surface area contributed by atoms with Crippen molar-refractivity contribution in [2.24, 2.45) is 0 Å². The summed E-state index contributed by atoms with van der Waals surface area (Å²) in [5, 5.41) is 14.4. The Kier molecular flexibility index (Phi) is 9.11. The van der Waals surface area contributed by atoms with Crippen LogP contribution >= 0.6 is 11.3 Å². The van der Waals surface area contributed by atoms with Gasteiger partial charge in [-0.15, -0.1) is 11.3 Å². The molecule has 3 heteroatoms. The lowest BCUT2D eigenvalue weighted by Crippen LogP contribution is -1.93. The molecule has 0 radical (unpaired) electrons. The van der Waals surface area contributed by atoms with E-state index in [-0.39, 0.29) is 0 Å². The van der Waals surface area contributed by atoms with Crippen molar-refractivity contribution in [3.8, 4) is 65.5 Å². The maximum Gasteiger partial charge on any atom is 0.0972 e. The molecule has 3 aromatic heterocycles. The summed E-state index contributed by atoms with van der Waals surface area (Å²) < 4.78 is 0. The van der Waals surface area contributed by atoms with Gasteiger partial charge in [-0.2, -0.15) is 0 Å². The number of fused-ring (bicyclic) bond motifs is 8. The van der Waals surface area contributed by atoms with Crippen LogP contribution in [0, 0.1) is 0 Å². The molecule has 320 valence electrons. The van der Waals surface area contributed by atoms with Crippen LogP contribution in [0.15, 0.2) is 243 Å². The van der Waals surface area contributed by atoms with Gasteiger partial charge in [-0.25, -0.2) is 4.98 Å². The minimum Gasteiger partial charge on any atom is -0.254 e. The number of benzene rings is 11. The fourth-order valence-electron chi connectivity index (χ4n) is 11.0. The van der Waals surface area contributed by atoms with E-state index in [4.69, 9.17) is 9.97 Å². The van der Waals surface area contributed by atoms with E-state index in [2.05, 4.69) is 231 Å². The summed E-state index contributed by atoms with van der Waals surface area (Å²) in [6.45, 7) is 0. The van der Waals surface area contributed by atoms with E-state index in [1.807, 2.05) is 23.6 Å². The van der Waals surface area contributed by atoms with Gasteiger partial charge in [-0.05, 0) is 88.2 Å². The number of thiophene rings is 1. The van der Waals surface area contributed by atoms with Gasteiger partial charge in [0.1, 0.15) is 0 Å². The molecule has 0 aliphatic carbocycles. The lowest BCUT2D eigenvalue weighted by molar-refractivity contribution is 1.37. The molecule has 0 bridgehead atoms. The summed E-state index contributed by atoms with van der Waals surface area (Å²) in [6.07, 6.45) is 1.85. The molecule has 0 amide bonds. The van der Waals surface area contributed by atoms with Crippen molar-refractivity contribution in [1.82, 2.24) is 9.97 Å². The standard InChI is InChI=1S/C66H40N2S/c1-4-22-46-41(15-1)18-11-29-56(46)61-62(66(59-31-13-20-43-17-3-6-24-48(43)59)69-65(61)58-30-12-19-42-16-2-5-23-47(42)58)57-38-36-54(50-26-8-10-28-52(50)57)53-35-37-55(51-27-9-7-25-49(51)53)60-39-34-45-33-32-44-21-14-40-67-63(44)64(45)68-60/h1-40H.